The first kappa shape index (κ1) is 45.1. The van der Waals surface area contributed by atoms with Gasteiger partial charge in [0.25, 0.3) is 0 Å². The monoisotopic (exact) mass is 968 g/mol. The Morgan fingerprint density at radius 2 is 1.10 bits per heavy atom. The van der Waals surface area contributed by atoms with E-state index in [4.69, 9.17) is 52.1 Å². The molecule has 328 valence electrons. The summed E-state index contributed by atoms with van der Waals surface area (Å²) in [7, 11) is 0. The van der Waals surface area contributed by atoms with Gasteiger partial charge in [0.05, 0.1) is 37.5 Å². The van der Waals surface area contributed by atoms with Gasteiger partial charge in [0.1, 0.15) is 54.3 Å². The van der Waals surface area contributed by atoms with Crippen molar-refractivity contribution in [2.45, 2.75) is 137 Å². The molecule has 11 atom stereocenters. The van der Waals surface area contributed by atoms with Crippen molar-refractivity contribution in [1.29, 1.82) is 0 Å². The van der Waals surface area contributed by atoms with Gasteiger partial charge in [-0.15, -0.1) is 0 Å². The maximum Gasteiger partial charge on any atom is 0.190 e. The van der Waals surface area contributed by atoms with E-state index in [1.165, 1.54) is 0 Å². The molecule has 4 aromatic carbocycles. The molecule has 8 rings (SSSR count). The van der Waals surface area contributed by atoms with Gasteiger partial charge >= 0.3 is 0 Å². The lowest BCUT2D eigenvalue weighted by Crippen LogP contribution is -2.62. The summed E-state index contributed by atoms with van der Waals surface area (Å²) in [5, 5.41) is 0. The molecule has 0 aliphatic carbocycles. The Kier molecular flexibility index (Phi) is 14.9. The van der Waals surface area contributed by atoms with Crippen LogP contribution in [0, 0.1) is 0 Å². The van der Waals surface area contributed by atoms with Gasteiger partial charge < -0.3 is 52.1 Å². The number of ether oxygens (including phenoxy) is 11. The van der Waals surface area contributed by atoms with E-state index in [1.54, 1.807) is 11.8 Å². The van der Waals surface area contributed by atoms with E-state index in [0.29, 0.717) is 24.2 Å². The third kappa shape index (κ3) is 11.6. The predicted octanol–water partition coefficient (Wildman–Crippen LogP) is 8.84. The molecule has 0 bridgehead atoms. The van der Waals surface area contributed by atoms with E-state index in [-0.39, 0.29) is 13.2 Å². The average Bonchev–Trinajstić information content (AvgIpc) is 3.77. The van der Waals surface area contributed by atoms with Gasteiger partial charge in [0.15, 0.2) is 23.7 Å². The van der Waals surface area contributed by atoms with Crippen molar-refractivity contribution in [3.05, 3.63) is 138 Å². The van der Waals surface area contributed by atoms with E-state index in [0.717, 1.165) is 21.6 Å². The summed E-state index contributed by atoms with van der Waals surface area (Å²) < 4.78 is 73.9. The predicted molar refractivity (Wildman–Crippen MR) is 238 cm³/mol. The summed E-state index contributed by atoms with van der Waals surface area (Å²) in [4.78, 5) is 1.02. The van der Waals surface area contributed by atoms with Gasteiger partial charge in [-0.05, 0) is 63.4 Å². The summed E-state index contributed by atoms with van der Waals surface area (Å²) in [5.41, 5.74) is 2.57. The molecule has 1 unspecified atom stereocenters. The normalized spacial score (nSPS) is 31.2. The highest BCUT2D eigenvalue weighted by Crippen LogP contribution is 2.45. The fraction of sp³-hybridized carbons (Fsp3) is 0.500. The van der Waals surface area contributed by atoms with Crippen LogP contribution in [0.15, 0.2) is 126 Å². The van der Waals surface area contributed by atoms with Crippen LogP contribution in [0.4, 0.5) is 0 Å². The molecule has 4 saturated heterocycles. The van der Waals surface area contributed by atoms with Crippen LogP contribution >= 0.6 is 34.4 Å². The van der Waals surface area contributed by atoms with Crippen molar-refractivity contribution >= 4 is 34.4 Å². The first-order valence-electron chi connectivity index (χ1n) is 21.0. The molecule has 4 aliphatic heterocycles. The Labute approximate surface area is 377 Å². The van der Waals surface area contributed by atoms with Crippen molar-refractivity contribution < 1.29 is 52.1 Å². The minimum absolute atomic E-state index is 0.136. The molecule has 0 saturated carbocycles. The average molecular weight is 969 g/mol. The molecule has 4 heterocycles. The van der Waals surface area contributed by atoms with Crippen LogP contribution in [0.5, 0.6) is 0 Å². The Morgan fingerprint density at radius 3 is 1.70 bits per heavy atom. The molecule has 0 amide bonds. The number of hydrogen-bond acceptors (Lipinski definition) is 12. The summed E-state index contributed by atoms with van der Waals surface area (Å²) in [6, 6.07) is 40.6. The van der Waals surface area contributed by atoms with E-state index < -0.39 is 77.9 Å². The first-order chi connectivity index (χ1) is 29.5. The van der Waals surface area contributed by atoms with Crippen molar-refractivity contribution in [3.63, 3.8) is 0 Å². The molecule has 13 heteroatoms. The SMILES string of the molecule is CC1(C)O[C@H]2[C@@H](O1)[C@@H](COC(C)(CI)O[C@@H]1[C@@H](OCc3ccccc3)[C@H](OCc3ccccc3)[C@@H](COCc3ccccc3)O[C@H]1Sc1ccccc1)O[C@@H]1OC(C)(C)O[C@@H]12. The second-order valence-corrected chi connectivity index (χ2v) is 18.8. The van der Waals surface area contributed by atoms with E-state index in [1.807, 2.05) is 107 Å². The van der Waals surface area contributed by atoms with Crippen LogP contribution in [0.2, 0.25) is 0 Å². The molecule has 11 nitrogen and oxygen atoms in total. The van der Waals surface area contributed by atoms with Crippen molar-refractivity contribution in [2.75, 3.05) is 17.6 Å². The summed E-state index contributed by atoms with van der Waals surface area (Å²) in [5.74, 6) is -2.82. The van der Waals surface area contributed by atoms with Crippen molar-refractivity contribution in [1.82, 2.24) is 0 Å². The van der Waals surface area contributed by atoms with Gasteiger partial charge in [0.2, 0.25) is 0 Å². The lowest BCUT2D eigenvalue weighted by Gasteiger charge is -2.48. The van der Waals surface area contributed by atoms with E-state index >= 15 is 0 Å². The Balaban J connectivity index is 1.09. The van der Waals surface area contributed by atoms with Crippen LogP contribution in [0.1, 0.15) is 51.3 Å². The standard InChI is InChI=1S/C48H57IO11S/c1-46(2)56-39-37(54-44-42(41(39)57-46)58-47(3,4)60-44)30-53-48(5,31-49)59-43-40(52-28-34-22-14-8-15-23-34)38(51-27-33-20-12-7-13-21-33)36(29-50-26-32-18-10-6-11-19-32)55-45(43)61-35-24-16-9-17-25-35/h6-25,36-45H,26-31H2,1-5H3/t36-,37-,38-,39+,40+,41+,42-,43-,44-,45+,48?/m1/s1. The molecule has 61 heavy (non-hydrogen) atoms. The molecular formula is C48H57IO11S. The zero-order valence-corrected chi connectivity index (χ0v) is 38.3. The number of benzene rings is 4. The second-order valence-electron chi connectivity index (χ2n) is 16.9. The lowest BCUT2D eigenvalue weighted by molar-refractivity contribution is -0.320. The van der Waals surface area contributed by atoms with Crippen LogP contribution in [-0.2, 0) is 71.9 Å². The second kappa shape index (κ2) is 20.1. The van der Waals surface area contributed by atoms with Gasteiger partial charge in [-0.25, -0.2) is 0 Å². The quantitative estimate of drug-likeness (QED) is 0.0541. The third-order valence-electron chi connectivity index (χ3n) is 11.0. The minimum Gasteiger partial charge on any atom is -0.374 e. The Bertz CT molecular complexity index is 1950. The van der Waals surface area contributed by atoms with Crippen LogP contribution in [0.3, 0.4) is 0 Å². The molecule has 0 N–H and O–H groups in total. The van der Waals surface area contributed by atoms with Crippen LogP contribution in [-0.4, -0.2) is 95.6 Å². The largest absolute Gasteiger partial charge is 0.374 e. The number of thioether (sulfide) groups is 1. The molecule has 0 aromatic heterocycles. The fourth-order valence-electron chi connectivity index (χ4n) is 8.14. The summed E-state index contributed by atoms with van der Waals surface area (Å²) in [6.45, 7) is 11.0. The number of fused-ring (bicyclic) bond motifs is 3. The van der Waals surface area contributed by atoms with Crippen LogP contribution in [0.25, 0.3) is 0 Å². The summed E-state index contributed by atoms with van der Waals surface area (Å²) in [6.07, 6.45) is -4.90. The van der Waals surface area contributed by atoms with Crippen LogP contribution < -0.4 is 0 Å². The van der Waals surface area contributed by atoms with E-state index in [2.05, 4.69) is 71.1 Å². The maximum atomic E-state index is 7.28. The smallest absolute Gasteiger partial charge is 0.190 e. The Morgan fingerprint density at radius 1 is 0.574 bits per heavy atom. The molecule has 4 aromatic rings. The molecule has 4 aliphatic rings. The zero-order chi connectivity index (χ0) is 42.5. The molecular weight excluding hydrogens is 911 g/mol. The highest BCUT2D eigenvalue weighted by molar-refractivity contribution is 14.1. The van der Waals surface area contributed by atoms with Gasteiger partial charge in [-0.3, -0.25) is 0 Å². The maximum absolute atomic E-state index is 7.28. The summed E-state index contributed by atoms with van der Waals surface area (Å²) >= 11 is 3.90. The van der Waals surface area contributed by atoms with E-state index in [9.17, 15) is 0 Å². The highest BCUT2D eigenvalue weighted by Gasteiger charge is 2.61. The van der Waals surface area contributed by atoms with Gasteiger partial charge in [-0.2, -0.15) is 0 Å². The van der Waals surface area contributed by atoms with Crippen molar-refractivity contribution in [2.24, 2.45) is 0 Å². The zero-order valence-electron chi connectivity index (χ0n) is 35.3. The topological polar surface area (TPSA) is 102 Å². The minimum atomic E-state index is -1.14. The van der Waals surface area contributed by atoms with Crippen molar-refractivity contribution in [3.8, 4) is 0 Å². The highest BCUT2D eigenvalue weighted by atomic mass is 127. The molecule has 4 fully saturated rings. The lowest BCUT2D eigenvalue weighted by atomic mass is 9.98. The number of rotatable bonds is 18. The Hall–Kier alpha value is -2.48. The number of alkyl halides is 1. The number of halogens is 1. The van der Waals surface area contributed by atoms with Gasteiger partial charge in [-0.1, -0.05) is 144 Å². The third-order valence-corrected chi connectivity index (χ3v) is 13.5. The fourth-order valence-corrected chi connectivity index (χ4v) is 9.66. The first-order valence-corrected chi connectivity index (χ1v) is 23.4. The van der Waals surface area contributed by atoms with Gasteiger partial charge in [0, 0.05) is 4.90 Å². The molecule has 0 radical (unpaired) electrons. The molecule has 0 spiro atoms. The number of hydrogen-bond donors (Lipinski definition) is 0.